The second-order valence-corrected chi connectivity index (χ2v) is 4.42. The minimum Gasteiger partial charge on any atom is -0.275 e. The molecule has 0 aliphatic rings. The molecule has 2 aromatic heterocycles. The summed E-state index contributed by atoms with van der Waals surface area (Å²) in [5, 5.41) is 4.00. The summed E-state index contributed by atoms with van der Waals surface area (Å²) in [5.41, 5.74) is 0.837. The number of nitrogens with zero attached hydrogens (tertiary/aromatic N) is 2. The molecule has 0 aliphatic carbocycles. The van der Waals surface area contributed by atoms with Crippen LogP contribution in [0, 0.1) is 24.6 Å². The molecule has 76 valence electrons. The van der Waals surface area contributed by atoms with E-state index < -0.39 is 0 Å². The highest BCUT2D eigenvalue weighted by atomic mass is 32.1. The molecule has 0 saturated carbocycles. The Morgan fingerprint density at radius 1 is 1.47 bits per heavy atom. The van der Waals surface area contributed by atoms with E-state index in [1.54, 1.807) is 17.8 Å². The SMILES string of the molecule is Cc1sc(C#Cc2cnn(C)c2)cc1F. The third-order valence-corrected chi connectivity index (χ3v) is 2.83. The highest BCUT2D eigenvalue weighted by molar-refractivity contribution is 7.12. The number of hydrogen-bond donors (Lipinski definition) is 0. The van der Waals surface area contributed by atoms with Crippen molar-refractivity contribution in [2.24, 2.45) is 7.05 Å². The van der Waals surface area contributed by atoms with Gasteiger partial charge in [0.25, 0.3) is 0 Å². The van der Waals surface area contributed by atoms with Crippen molar-refractivity contribution in [1.29, 1.82) is 0 Å². The van der Waals surface area contributed by atoms with Gasteiger partial charge in [0.15, 0.2) is 0 Å². The second-order valence-electron chi connectivity index (χ2n) is 3.17. The molecule has 15 heavy (non-hydrogen) atoms. The van der Waals surface area contributed by atoms with Crippen molar-refractivity contribution in [3.63, 3.8) is 0 Å². The molecule has 2 rings (SSSR count). The third kappa shape index (κ3) is 2.25. The van der Waals surface area contributed by atoms with Crippen LogP contribution >= 0.6 is 11.3 Å². The molecule has 0 amide bonds. The summed E-state index contributed by atoms with van der Waals surface area (Å²) in [6, 6.07) is 1.46. The maximum absolute atomic E-state index is 13.0. The van der Waals surface area contributed by atoms with Gasteiger partial charge in [0.05, 0.1) is 16.6 Å². The van der Waals surface area contributed by atoms with Gasteiger partial charge in [0, 0.05) is 24.2 Å². The van der Waals surface area contributed by atoms with Crippen LogP contribution in [0.2, 0.25) is 0 Å². The predicted octanol–water partition coefficient (Wildman–Crippen LogP) is 2.33. The van der Waals surface area contributed by atoms with E-state index in [2.05, 4.69) is 16.9 Å². The van der Waals surface area contributed by atoms with Crippen molar-refractivity contribution < 1.29 is 4.39 Å². The van der Waals surface area contributed by atoms with Crippen molar-refractivity contribution in [1.82, 2.24) is 9.78 Å². The van der Waals surface area contributed by atoms with Gasteiger partial charge in [-0.1, -0.05) is 11.8 Å². The van der Waals surface area contributed by atoms with E-state index in [0.29, 0.717) is 4.88 Å². The number of hydrogen-bond acceptors (Lipinski definition) is 2. The van der Waals surface area contributed by atoms with Gasteiger partial charge in [-0.2, -0.15) is 5.10 Å². The minimum atomic E-state index is -0.185. The number of aryl methyl sites for hydroxylation is 2. The molecule has 0 aromatic carbocycles. The lowest BCUT2D eigenvalue weighted by Crippen LogP contribution is -1.83. The topological polar surface area (TPSA) is 17.8 Å². The summed E-state index contributed by atoms with van der Waals surface area (Å²) >= 11 is 1.36. The molecule has 0 bridgehead atoms. The van der Waals surface area contributed by atoms with Crippen LogP contribution in [0.1, 0.15) is 15.3 Å². The summed E-state index contributed by atoms with van der Waals surface area (Å²) in [6.07, 6.45) is 3.51. The van der Waals surface area contributed by atoms with Gasteiger partial charge < -0.3 is 0 Å². The van der Waals surface area contributed by atoms with E-state index in [1.807, 2.05) is 13.2 Å². The van der Waals surface area contributed by atoms with Crippen molar-refractivity contribution in [2.75, 3.05) is 0 Å². The quantitative estimate of drug-likeness (QED) is 0.623. The van der Waals surface area contributed by atoms with Gasteiger partial charge >= 0.3 is 0 Å². The lowest BCUT2D eigenvalue weighted by molar-refractivity contribution is 0.625. The van der Waals surface area contributed by atoms with Crippen molar-refractivity contribution in [3.05, 3.63) is 39.6 Å². The van der Waals surface area contributed by atoms with E-state index in [0.717, 1.165) is 10.4 Å². The Balaban J connectivity index is 2.25. The highest BCUT2D eigenvalue weighted by Crippen LogP contribution is 2.18. The van der Waals surface area contributed by atoms with Crippen LogP contribution in [-0.2, 0) is 7.05 Å². The maximum atomic E-state index is 13.0. The Kier molecular flexibility index (Phi) is 2.57. The van der Waals surface area contributed by atoms with Crippen LogP contribution in [0.15, 0.2) is 18.5 Å². The van der Waals surface area contributed by atoms with Crippen LogP contribution < -0.4 is 0 Å². The second kappa shape index (κ2) is 3.87. The molecular weight excluding hydrogens is 211 g/mol. The van der Waals surface area contributed by atoms with E-state index in [9.17, 15) is 4.39 Å². The van der Waals surface area contributed by atoms with Crippen LogP contribution in [0.25, 0.3) is 0 Å². The zero-order valence-corrected chi connectivity index (χ0v) is 9.23. The van der Waals surface area contributed by atoms with Crippen molar-refractivity contribution in [3.8, 4) is 11.8 Å². The number of halogens is 1. The van der Waals surface area contributed by atoms with Gasteiger partial charge in [-0.3, -0.25) is 4.68 Å². The van der Waals surface area contributed by atoms with Gasteiger partial charge in [0.2, 0.25) is 0 Å². The highest BCUT2D eigenvalue weighted by Gasteiger charge is 2.01. The molecule has 0 atom stereocenters. The molecule has 0 spiro atoms. The Labute approximate surface area is 91.4 Å². The smallest absolute Gasteiger partial charge is 0.138 e. The normalized spacial score (nSPS) is 9.80. The molecule has 2 heterocycles. The standard InChI is InChI=1S/C11H9FN2S/c1-8-11(12)5-10(15-8)4-3-9-6-13-14(2)7-9/h5-7H,1-2H3. The minimum absolute atomic E-state index is 0.185. The Hall–Kier alpha value is -1.60. The first-order valence-corrected chi connectivity index (χ1v) is 5.23. The Morgan fingerprint density at radius 3 is 2.80 bits per heavy atom. The van der Waals surface area contributed by atoms with E-state index >= 15 is 0 Å². The number of thiophene rings is 1. The summed E-state index contributed by atoms with van der Waals surface area (Å²) in [4.78, 5) is 1.42. The number of rotatable bonds is 0. The van der Waals surface area contributed by atoms with Gasteiger partial charge in [-0.05, 0) is 6.92 Å². The molecule has 0 aliphatic heterocycles. The number of aromatic nitrogens is 2. The van der Waals surface area contributed by atoms with Crippen LogP contribution in [0.5, 0.6) is 0 Å². The monoisotopic (exact) mass is 220 g/mol. The molecule has 2 aromatic rings. The zero-order chi connectivity index (χ0) is 10.8. The summed E-state index contributed by atoms with van der Waals surface area (Å²) in [5.74, 6) is 5.66. The fourth-order valence-electron chi connectivity index (χ4n) is 1.14. The fourth-order valence-corrected chi connectivity index (χ4v) is 1.89. The van der Waals surface area contributed by atoms with Gasteiger partial charge in [-0.25, -0.2) is 4.39 Å². The summed E-state index contributed by atoms with van der Waals surface area (Å²) in [7, 11) is 1.83. The van der Waals surface area contributed by atoms with E-state index in [1.165, 1.54) is 17.4 Å². The van der Waals surface area contributed by atoms with Crippen molar-refractivity contribution in [2.45, 2.75) is 6.92 Å². The predicted molar refractivity (Wildman–Crippen MR) is 58.2 cm³/mol. The van der Waals surface area contributed by atoms with E-state index in [-0.39, 0.29) is 5.82 Å². The zero-order valence-electron chi connectivity index (χ0n) is 8.41. The van der Waals surface area contributed by atoms with E-state index in [4.69, 9.17) is 0 Å². The fraction of sp³-hybridized carbons (Fsp3) is 0.182. The lowest BCUT2D eigenvalue weighted by atomic mass is 10.3. The Morgan fingerprint density at radius 2 is 2.27 bits per heavy atom. The molecule has 0 saturated heterocycles. The average Bonchev–Trinajstić information content (AvgIpc) is 2.72. The Bertz CT molecular complexity index is 523. The first-order chi connectivity index (χ1) is 7.15. The summed E-state index contributed by atoms with van der Waals surface area (Å²) < 4.78 is 14.7. The largest absolute Gasteiger partial charge is 0.275 e. The molecule has 4 heteroatoms. The third-order valence-electron chi connectivity index (χ3n) is 1.89. The molecule has 0 fully saturated rings. The molecule has 0 radical (unpaired) electrons. The van der Waals surface area contributed by atoms with Crippen molar-refractivity contribution >= 4 is 11.3 Å². The first kappa shape index (κ1) is 9.94. The lowest BCUT2D eigenvalue weighted by Gasteiger charge is -1.79. The van der Waals surface area contributed by atoms with Crippen LogP contribution in [0.3, 0.4) is 0 Å². The van der Waals surface area contributed by atoms with Crippen LogP contribution in [-0.4, -0.2) is 9.78 Å². The molecule has 2 nitrogen and oxygen atoms in total. The molecule has 0 unspecified atom stereocenters. The van der Waals surface area contributed by atoms with Crippen LogP contribution in [0.4, 0.5) is 4.39 Å². The van der Waals surface area contributed by atoms with Gasteiger partial charge in [0.1, 0.15) is 5.82 Å². The maximum Gasteiger partial charge on any atom is 0.138 e. The van der Waals surface area contributed by atoms with Gasteiger partial charge in [-0.15, -0.1) is 11.3 Å². The first-order valence-electron chi connectivity index (χ1n) is 4.42. The summed E-state index contributed by atoms with van der Waals surface area (Å²) in [6.45, 7) is 1.75. The molecular formula is C11H9FN2S. The average molecular weight is 220 g/mol. The molecule has 0 N–H and O–H groups in total.